The molecule has 1 aliphatic carbocycles. The maximum absolute atomic E-state index is 12.7. The summed E-state index contributed by atoms with van der Waals surface area (Å²) < 4.78 is 1.75. The maximum Gasteiger partial charge on any atom is 0.229 e. The number of fused-ring (bicyclic) bond motifs is 1. The second-order valence-electron chi connectivity index (χ2n) is 8.20. The van der Waals surface area contributed by atoms with Crippen molar-refractivity contribution in [2.24, 2.45) is 13.0 Å². The van der Waals surface area contributed by atoms with Gasteiger partial charge in [0, 0.05) is 42.9 Å². The molecule has 5 rings (SSSR count). The van der Waals surface area contributed by atoms with Crippen LogP contribution in [0.1, 0.15) is 23.5 Å². The molecule has 8 heteroatoms. The Balaban J connectivity index is 1.41. The molecule has 3 heterocycles. The number of anilines is 2. The monoisotopic (exact) mass is 428 g/mol. The van der Waals surface area contributed by atoms with E-state index in [1.807, 2.05) is 55.8 Å². The minimum Gasteiger partial charge on any atom is -0.396 e. The van der Waals surface area contributed by atoms with E-state index in [-0.39, 0.29) is 24.3 Å². The number of rotatable bonds is 6. The summed E-state index contributed by atoms with van der Waals surface area (Å²) in [4.78, 5) is 21.7. The van der Waals surface area contributed by atoms with Gasteiger partial charge in [-0.1, -0.05) is 24.3 Å². The number of hydrogen-bond acceptors (Lipinski definition) is 6. The highest BCUT2D eigenvalue weighted by molar-refractivity contribution is 5.98. The average Bonchev–Trinajstić information content (AvgIpc) is 3.47. The topological polar surface area (TPSA) is 119 Å². The fourth-order valence-electron chi connectivity index (χ4n) is 4.19. The summed E-state index contributed by atoms with van der Waals surface area (Å²) in [5.41, 5.74) is 9.95. The largest absolute Gasteiger partial charge is 0.396 e. The Kier molecular flexibility index (Phi) is 5.07. The van der Waals surface area contributed by atoms with Crippen LogP contribution in [0.5, 0.6) is 0 Å². The normalized spacial score (nSPS) is 17.4. The van der Waals surface area contributed by atoms with Crippen molar-refractivity contribution in [1.29, 1.82) is 0 Å². The van der Waals surface area contributed by atoms with E-state index in [9.17, 15) is 9.90 Å². The first kappa shape index (κ1) is 20.1. The second kappa shape index (κ2) is 8.05. The van der Waals surface area contributed by atoms with Crippen LogP contribution < -0.4 is 11.1 Å². The van der Waals surface area contributed by atoms with Crippen LogP contribution in [0.2, 0.25) is 0 Å². The molecule has 1 amide bonds. The first-order valence-electron chi connectivity index (χ1n) is 10.6. The number of pyridine rings is 2. The minimum absolute atomic E-state index is 0.0405. The highest BCUT2D eigenvalue weighted by atomic mass is 16.3. The summed E-state index contributed by atoms with van der Waals surface area (Å²) in [5, 5.41) is 18.1. The van der Waals surface area contributed by atoms with Crippen LogP contribution in [0.4, 0.5) is 11.6 Å². The lowest BCUT2D eigenvalue weighted by atomic mass is 10.0. The maximum atomic E-state index is 12.7. The number of amides is 1. The van der Waals surface area contributed by atoms with Crippen molar-refractivity contribution < 1.29 is 9.90 Å². The number of nitrogens with one attached hydrogen (secondary N) is 1. The number of nitrogens with zero attached hydrogens (tertiary/aromatic N) is 4. The number of carbonyl (C=O) groups excluding carboxylic acids is 1. The lowest BCUT2D eigenvalue weighted by molar-refractivity contribution is -0.117. The number of benzene rings is 1. The Labute approximate surface area is 185 Å². The Hall–Kier alpha value is -3.78. The summed E-state index contributed by atoms with van der Waals surface area (Å²) in [6, 6.07) is 11.6. The zero-order valence-corrected chi connectivity index (χ0v) is 17.7. The number of aliphatic hydroxyl groups excluding tert-OH is 1. The van der Waals surface area contributed by atoms with Crippen molar-refractivity contribution >= 4 is 28.3 Å². The third kappa shape index (κ3) is 3.80. The number of nitrogens with two attached hydrogens (primary N) is 1. The van der Waals surface area contributed by atoms with Crippen LogP contribution >= 0.6 is 0 Å². The molecule has 0 spiro atoms. The minimum atomic E-state index is -0.0693. The highest BCUT2D eigenvalue weighted by Crippen LogP contribution is 2.47. The summed E-state index contributed by atoms with van der Waals surface area (Å²) in [6.45, 7) is 0.0569. The Morgan fingerprint density at radius 1 is 1.28 bits per heavy atom. The van der Waals surface area contributed by atoms with Gasteiger partial charge in [0.2, 0.25) is 5.91 Å². The van der Waals surface area contributed by atoms with E-state index in [4.69, 9.17) is 5.73 Å². The molecule has 3 aromatic heterocycles. The van der Waals surface area contributed by atoms with E-state index >= 15 is 0 Å². The number of hydrogen-bond donors (Lipinski definition) is 3. The third-order valence-electron chi connectivity index (χ3n) is 5.95. The predicted molar refractivity (Wildman–Crippen MR) is 123 cm³/mol. The fraction of sp³-hybridized carbons (Fsp3) is 0.250. The van der Waals surface area contributed by atoms with Crippen LogP contribution in [0, 0.1) is 5.92 Å². The Morgan fingerprint density at radius 2 is 2.12 bits per heavy atom. The molecule has 1 fully saturated rings. The number of aliphatic hydroxyl groups is 1. The van der Waals surface area contributed by atoms with Gasteiger partial charge in [-0.25, -0.2) is 9.97 Å². The zero-order chi connectivity index (χ0) is 22.2. The van der Waals surface area contributed by atoms with Gasteiger partial charge in [-0.2, -0.15) is 5.10 Å². The van der Waals surface area contributed by atoms with Crippen molar-refractivity contribution in [3.8, 4) is 11.3 Å². The average molecular weight is 428 g/mol. The van der Waals surface area contributed by atoms with E-state index in [0.29, 0.717) is 18.1 Å². The molecule has 0 radical (unpaired) electrons. The Morgan fingerprint density at radius 3 is 2.91 bits per heavy atom. The molecule has 8 nitrogen and oxygen atoms in total. The molecule has 1 saturated carbocycles. The SMILES string of the molecule is Cn1cc([C@H]2C[C@@H]2C(=O)Nc2cc3cc(-c4ccccc4CCO)nc(N)c3cn2)cn1. The van der Waals surface area contributed by atoms with E-state index in [1.54, 1.807) is 10.9 Å². The molecule has 32 heavy (non-hydrogen) atoms. The van der Waals surface area contributed by atoms with Crippen molar-refractivity contribution in [2.45, 2.75) is 18.8 Å². The van der Waals surface area contributed by atoms with Gasteiger partial charge in [-0.3, -0.25) is 9.48 Å². The van der Waals surface area contributed by atoms with Gasteiger partial charge in [0.1, 0.15) is 11.6 Å². The van der Waals surface area contributed by atoms with Crippen LogP contribution in [-0.2, 0) is 18.3 Å². The molecule has 1 aliphatic rings. The van der Waals surface area contributed by atoms with Crippen LogP contribution in [0.3, 0.4) is 0 Å². The van der Waals surface area contributed by atoms with Gasteiger partial charge in [0.05, 0.1) is 11.9 Å². The lowest BCUT2D eigenvalue weighted by Crippen LogP contribution is -2.15. The standard InChI is InChI=1S/C24H24N6O2/c1-30-13-16(11-27-30)18-10-19(18)24(32)29-22-9-15-8-21(28-23(25)20(15)12-26-22)17-5-3-2-4-14(17)6-7-31/h2-5,8-9,11-13,18-19,31H,6-7,10H2,1H3,(H2,25,28)(H,26,29,32)/t18-,19+/m1/s1. The molecule has 0 saturated heterocycles. The van der Waals surface area contributed by atoms with E-state index in [0.717, 1.165) is 39.6 Å². The number of nitrogen functional groups attached to an aromatic ring is 1. The Bertz CT molecular complexity index is 1320. The molecular weight excluding hydrogens is 404 g/mol. The molecule has 0 aliphatic heterocycles. The number of aromatic nitrogens is 4. The van der Waals surface area contributed by atoms with Crippen molar-refractivity contribution in [3.63, 3.8) is 0 Å². The van der Waals surface area contributed by atoms with E-state index < -0.39 is 0 Å². The van der Waals surface area contributed by atoms with Crippen molar-refractivity contribution in [3.05, 3.63) is 66.1 Å². The van der Waals surface area contributed by atoms with E-state index in [2.05, 4.69) is 20.4 Å². The first-order chi connectivity index (χ1) is 15.5. The molecule has 1 aromatic carbocycles. The molecule has 4 aromatic rings. The van der Waals surface area contributed by atoms with Crippen LogP contribution in [0.25, 0.3) is 22.0 Å². The van der Waals surface area contributed by atoms with Gasteiger partial charge in [-0.15, -0.1) is 0 Å². The molecular formula is C24H24N6O2. The predicted octanol–water partition coefficient (Wildman–Crippen LogP) is 2.89. The number of aryl methyl sites for hydroxylation is 1. The number of carbonyl (C=O) groups is 1. The smallest absolute Gasteiger partial charge is 0.229 e. The molecule has 0 unspecified atom stereocenters. The van der Waals surface area contributed by atoms with Crippen LogP contribution in [-0.4, -0.2) is 37.4 Å². The zero-order valence-electron chi connectivity index (χ0n) is 17.7. The van der Waals surface area contributed by atoms with Crippen molar-refractivity contribution in [1.82, 2.24) is 19.7 Å². The highest BCUT2D eigenvalue weighted by Gasteiger charge is 2.44. The fourth-order valence-corrected chi connectivity index (χ4v) is 4.19. The molecule has 162 valence electrons. The third-order valence-corrected chi connectivity index (χ3v) is 5.95. The molecule has 0 bridgehead atoms. The van der Waals surface area contributed by atoms with Gasteiger partial charge >= 0.3 is 0 Å². The van der Waals surface area contributed by atoms with Crippen molar-refractivity contribution in [2.75, 3.05) is 17.7 Å². The van der Waals surface area contributed by atoms with Crippen LogP contribution in [0.15, 0.2) is 55.0 Å². The summed E-state index contributed by atoms with van der Waals surface area (Å²) in [5.74, 6) is 0.958. The lowest BCUT2D eigenvalue weighted by Gasteiger charge is -2.11. The van der Waals surface area contributed by atoms with Gasteiger partial charge < -0.3 is 16.2 Å². The van der Waals surface area contributed by atoms with Gasteiger partial charge in [0.15, 0.2) is 0 Å². The summed E-state index contributed by atoms with van der Waals surface area (Å²) >= 11 is 0. The van der Waals surface area contributed by atoms with Gasteiger partial charge in [0.25, 0.3) is 0 Å². The quantitative estimate of drug-likeness (QED) is 0.434. The first-order valence-corrected chi connectivity index (χ1v) is 10.6. The summed E-state index contributed by atoms with van der Waals surface area (Å²) in [6.07, 6.45) is 6.76. The molecule has 4 N–H and O–H groups in total. The second-order valence-corrected chi connectivity index (χ2v) is 8.20. The van der Waals surface area contributed by atoms with E-state index in [1.165, 1.54) is 0 Å². The van der Waals surface area contributed by atoms with Gasteiger partial charge in [-0.05, 0) is 47.4 Å². The molecule has 2 atom stereocenters. The summed E-state index contributed by atoms with van der Waals surface area (Å²) in [7, 11) is 1.87.